The van der Waals surface area contributed by atoms with Gasteiger partial charge in [0.2, 0.25) is 29.5 Å². The van der Waals surface area contributed by atoms with Gasteiger partial charge in [-0.3, -0.25) is 24.0 Å². The van der Waals surface area contributed by atoms with Crippen LogP contribution in [0.3, 0.4) is 0 Å². The van der Waals surface area contributed by atoms with Crippen molar-refractivity contribution in [2.75, 3.05) is 104 Å². The molecule has 0 saturated carbocycles. The van der Waals surface area contributed by atoms with Crippen LogP contribution in [0.25, 0.3) is 0 Å². The highest BCUT2D eigenvalue weighted by Gasteiger charge is 2.26. The first-order chi connectivity index (χ1) is 32.7. The second-order valence-electron chi connectivity index (χ2n) is 22.6. The zero-order chi connectivity index (χ0) is 55.6. The normalized spacial score (nSPS) is 11.9. The van der Waals surface area contributed by atoms with Gasteiger partial charge >= 0.3 is 0 Å². The Balaban J connectivity index is -0.000000262. The van der Waals surface area contributed by atoms with E-state index in [4.69, 9.17) is 17.2 Å². The van der Waals surface area contributed by atoms with Crippen LogP contribution < -0.4 is 68.6 Å². The molecule has 2 aromatic carbocycles. The molecule has 2 unspecified atom stereocenters. The van der Waals surface area contributed by atoms with Crippen LogP contribution in [0.2, 0.25) is 0 Å². The first-order valence-electron chi connectivity index (χ1n) is 26.2. The van der Waals surface area contributed by atoms with Crippen molar-refractivity contribution < 1.29 is 57.8 Å². The van der Waals surface area contributed by atoms with Crippen LogP contribution in [-0.2, 0) is 24.0 Å². The fourth-order valence-corrected chi connectivity index (χ4v) is 5.05. The van der Waals surface area contributed by atoms with Crippen molar-refractivity contribution in [3.8, 4) is 0 Å². The molecule has 0 saturated heterocycles. The number of unbranched alkanes of at least 4 members (excludes halogenated alkanes) is 3. The van der Waals surface area contributed by atoms with Crippen molar-refractivity contribution in [1.29, 1.82) is 0 Å². The number of benzene rings is 2. The van der Waals surface area contributed by atoms with Gasteiger partial charge in [-0.05, 0) is 100 Å². The maximum absolute atomic E-state index is 11.8. The number of rotatable bonds is 24. The number of anilines is 4. The lowest BCUT2D eigenvalue weighted by Gasteiger charge is -2.26. The number of hydrogen-bond donors (Lipinski definition) is 8. The van der Waals surface area contributed by atoms with Gasteiger partial charge in [0.05, 0.1) is 68.5 Å². The SMILES string of the molecule is CCC(C)(C)C(=O)NCCCCCCN.CCC(C)(C)C(=O)NCC[N+](C)(C)C.CCC(C)(C)C(=O)Nc1ccc(N)cc1.CCC(C)C(=O)NCC[N+](C)(C)C.CCC(C)C(=O)Nc1ccc(N)cc1.[Cl-].[Cl-]. The van der Waals surface area contributed by atoms with Crippen LogP contribution in [-0.4, -0.2) is 120 Å². The van der Waals surface area contributed by atoms with E-state index < -0.39 is 0 Å². The quantitative estimate of drug-likeness (QED) is 0.0443. The van der Waals surface area contributed by atoms with Crippen LogP contribution >= 0.6 is 0 Å². The molecule has 0 aliphatic heterocycles. The number of nitrogens with two attached hydrogens (primary N) is 3. The van der Waals surface area contributed by atoms with Crippen molar-refractivity contribution >= 4 is 52.3 Å². The number of hydrogen-bond acceptors (Lipinski definition) is 8. The molecule has 426 valence electrons. The monoisotopic (exact) mass is 1070 g/mol. The predicted molar refractivity (Wildman–Crippen MR) is 302 cm³/mol. The van der Waals surface area contributed by atoms with Crippen LogP contribution in [0, 0.1) is 28.1 Å². The second-order valence-corrected chi connectivity index (χ2v) is 22.6. The first-order valence-corrected chi connectivity index (χ1v) is 26.2. The molecule has 0 aromatic heterocycles. The Bertz CT molecular complexity index is 1780. The maximum Gasteiger partial charge on any atom is 0.230 e. The van der Waals surface area contributed by atoms with Gasteiger partial charge in [0.15, 0.2) is 0 Å². The topological polar surface area (TPSA) is 224 Å². The minimum atomic E-state index is -0.332. The number of nitrogen functional groups attached to an aromatic ring is 2. The van der Waals surface area contributed by atoms with Gasteiger partial charge in [-0.15, -0.1) is 0 Å². The molecule has 0 radical (unpaired) electrons. The van der Waals surface area contributed by atoms with Crippen molar-refractivity contribution in [2.45, 2.75) is 148 Å². The third kappa shape index (κ3) is 40.9. The lowest BCUT2D eigenvalue weighted by molar-refractivity contribution is -0.869. The van der Waals surface area contributed by atoms with E-state index >= 15 is 0 Å². The van der Waals surface area contributed by atoms with Crippen LogP contribution in [0.15, 0.2) is 48.5 Å². The van der Waals surface area contributed by atoms with Gasteiger partial charge in [0.1, 0.15) is 0 Å². The number of nitrogens with zero attached hydrogens (tertiary/aromatic N) is 2. The fourth-order valence-electron chi connectivity index (χ4n) is 5.05. The molecule has 2 aromatic rings. The molecule has 2 rings (SSSR count). The molecule has 0 aliphatic carbocycles. The van der Waals surface area contributed by atoms with Gasteiger partial charge in [0, 0.05) is 57.4 Å². The number of likely N-dealkylation sites (N-methyl/N-ethyl adjacent to an activating group) is 2. The van der Waals surface area contributed by atoms with Crippen molar-refractivity contribution in [3.63, 3.8) is 0 Å². The Morgan fingerprint density at radius 3 is 1.16 bits per heavy atom. The molecule has 2 atom stereocenters. The third-order valence-electron chi connectivity index (χ3n) is 12.5. The molecule has 0 heterocycles. The number of carbonyl (C=O) groups excluding carboxylic acids is 5. The largest absolute Gasteiger partial charge is 1.00 e. The smallest absolute Gasteiger partial charge is 0.230 e. The highest BCUT2D eigenvalue weighted by Crippen LogP contribution is 2.23. The molecule has 0 spiro atoms. The lowest BCUT2D eigenvalue weighted by Crippen LogP contribution is -3.00. The molecule has 15 nitrogen and oxygen atoms in total. The summed E-state index contributed by atoms with van der Waals surface area (Å²) in [6.45, 7) is 30.8. The highest BCUT2D eigenvalue weighted by molar-refractivity contribution is 5.95. The highest BCUT2D eigenvalue weighted by atomic mass is 35.5. The van der Waals surface area contributed by atoms with Gasteiger partial charge in [-0.25, -0.2) is 0 Å². The van der Waals surface area contributed by atoms with E-state index in [1.54, 1.807) is 48.5 Å². The van der Waals surface area contributed by atoms with Gasteiger partial charge < -0.3 is 77.6 Å². The molecular formula is C56H108Cl2N10O5. The molecule has 0 aliphatic rings. The number of quaternary nitrogens is 2. The Hall–Kier alpha value is -4.15. The Labute approximate surface area is 457 Å². The Morgan fingerprint density at radius 2 is 0.808 bits per heavy atom. The Morgan fingerprint density at radius 1 is 0.479 bits per heavy atom. The minimum absolute atomic E-state index is 0. The maximum atomic E-state index is 11.8. The Kier molecular flexibility index (Phi) is 42.8. The van der Waals surface area contributed by atoms with E-state index in [1.807, 2.05) is 90.0 Å². The number of carbonyl (C=O) groups is 5. The number of amides is 5. The van der Waals surface area contributed by atoms with Crippen LogP contribution in [0.4, 0.5) is 22.7 Å². The van der Waals surface area contributed by atoms with Crippen LogP contribution in [0.5, 0.6) is 0 Å². The molecular weight excluding hydrogens is 964 g/mol. The van der Waals surface area contributed by atoms with Crippen molar-refractivity contribution in [2.24, 2.45) is 33.8 Å². The predicted octanol–water partition coefficient (Wildman–Crippen LogP) is 3.06. The third-order valence-corrected chi connectivity index (χ3v) is 12.5. The summed E-state index contributed by atoms with van der Waals surface area (Å²) in [6.07, 6.45) is 8.81. The van der Waals surface area contributed by atoms with Gasteiger partial charge in [-0.2, -0.15) is 0 Å². The van der Waals surface area contributed by atoms with E-state index in [1.165, 1.54) is 6.42 Å². The summed E-state index contributed by atoms with van der Waals surface area (Å²) >= 11 is 0. The molecule has 5 amide bonds. The average molecular weight is 1070 g/mol. The zero-order valence-corrected chi connectivity index (χ0v) is 50.8. The number of nitrogens with one attached hydrogen (secondary N) is 5. The molecule has 0 fully saturated rings. The summed E-state index contributed by atoms with van der Waals surface area (Å²) in [6, 6.07) is 14.3. The summed E-state index contributed by atoms with van der Waals surface area (Å²) in [5.41, 5.74) is 18.7. The molecule has 11 N–H and O–H groups in total. The zero-order valence-electron chi connectivity index (χ0n) is 49.3. The molecule has 73 heavy (non-hydrogen) atoms. The van der Waals surface area contributed by atoms with Gasteiger partial charge in [0.25, 0.3) is 0 Å². The lowest BCUT2D eigenvalue weighted by atomic mass is 9.89. The van der Waals surface area contributed by atoms with E-state index in [9.17, 15) is 24.0 Å². The van der Waals surface area contributed by atoms with E-state index in [0.717, 1.165) is 111 Å². The first kappa shape index (κ1) is 77.7. The van der Waals surface area contributed by atoms with Crippen molar-refractivity contribution in [3.05, 3.63) is 48.5 Å². The van der Waals surface area contributed by atoms with E-state index in [2.05, 4.69) is 68.9 Å². The summed E-state index contributed by atoms with van der Waals surface area (Å²) in [7, 11) is 12.7. The van der Waals surface area contributed by atoms with E-state index in [0.29, 0.717) is 11.4 Å². The standard InChI is InChI=1S/C12H18N2O.C12H26N2O.C11H16N2O.C11H24N2O.C10H22N2O.2ClH/c1-4-12(2,3)11(15)14-10-7-5-9(13)6-8-10;1-4-12(2,3)11(15)14-10-8-6-5-7-9-13;1-3-8(2)11(14)13-10-6-4-9(12)5-7-10;1-7-11(2,3)10(14)12-8-9-13(4,5)6;1-6-9(2)10(13)11-7-8-12(3,4)5;;/h5-8H,4,13H2,1-3H3,(H,14,15);4-10,13H2,1-3H3,(H,14,15);4-8H,3,12H2,1-2H3,(H,13,14);7-9H2,1-6H3;9H,6-8H2,1-5H3;2*1H. The summed E-state index contributed by atoms with van der Waals surface area (Å²) in [5, 5.41) is 14.6. The van der Waals surface area contributed by atoms with E-state index in [-0.39, 0.29) is 82.4 Å². The second kappa shape index (κ2) is 40.2. The summed E-state index contributed by atoms with van der Waals surface area (Å²) in [4.78, 5) is 58.0. The van der Waals surface area contributed by atoms with Crippen LogP contribution in [0.1, 0.15) is 148 Å². The average Bonchev–Trinajstić information content (AvgIpc) is 3.30. The summed E-state index contributed by atoms with van der Waals surface area (Å²) < 4.78 is 1.77. The molecule has 0 bridgehead atoms. The fraction of sp³-hybridized carbons (Fsp3) is 0.696. The number of halogens is 2. The van der Waals surface area contributed by atoms with Crippen molar-refractivity contribution in [1.82, 2.24) is 16.0 Å². The minimum Gasteiger partial charge on any atom is -1.00 e. The molecule has 17 heteroatoms. The summed E-state index contributed by atoms with van der Waals surface area (Å²) in [5.74, 6) is 0.792. The van der Waals surface area contributed by atoms with Gasteiger partial charge in [-0.1, -0.05) is 103 Å².